The molecule has 0 radical (unpaired) electrons. The summed E-state index contributed by atoms with van der Waals surface area (Å²) in [5.41, 5.74) is 0.730. The van der Waals surface area contributed by atoms with E-state index >= 15 is 0 Å². The zero-order valence-electron chi connectivity index (χ0n) is 11.3. The molecule has 108 valence electrons. The average Bonchev–Trinajstić information content (AvgIpc) is 2.53. The minimum Gasteiger partial charge on any atom is -0.466 e. The van der Waals surface area contributed by atoms with Crippen LogP contribution in [-0.2, 0) is 14.3 Å². The molecular weight excluding hydrogens is 292 g/mol. The van der Waals surface area contributed by atoms with Crippen molar-refractivity contribution in [1.29, 1.82) is 0 Å². The van der Waals surface area contributed by atoms with Gasteiger partial charge in [0.1, 0.15) is 0 Å². The van der Waals surface area contributed by atoms with E-state index in [1.165, 1.54) is 13.2 Å². The molecule has 5 heteroatoms. The highest BCUT2D eigenvalue weighted by atomic mass is 35.5. The molecule has 0 saturated heterocycles. The number of hydrogen-bond acceptors (Lipinski definition) is 4. The molecule has 2 rings (SSSR count). The molecule has 0 fully saturated rings. The second kappa shape index (κ2) is 6.90. The monoisotopic (exact) mass is 304 g/mol. The van der Waals surface area contributed by atoms with Crippen molar-refractivity contribution in [3.8, 4) is 0 Å². The number of rotatable bonds is 4. The fourth-order valence-corrected chi connectivity index (χ4v) is 2.00. The first kappa shape index (κ1) is 15.1. The summed E-state index contributed by atoms with van der Waals surface area (Å²) in [6.45, 7) is 0. The maximum Gasteiger partial charge on any atom is 0.351 e. The number of methoxy groups -OCH3 is 1. The molecule has 21 heavy (non-hydrogen) atoms. The summed E-state index contributed by atoms with van der Waals surface area (Å²) in [6, 6.07) is 15.1. The van der Waals surface area contributed by atoms with Crippen LogP contribution in [0, 0.1) is 0 Å². The van der Waals surface area contributed by atoms with Crippen molar-refractivity contribution in [3.05, 3.63) is 70.7 Å². The van der Waals surface area contributed by atoms with Crippen molar-refractivity contribution >= 4 is 23.5 Å². The smallest absolute Gasteiger partial charge is 0.351 e. The first-order valence-electron chi connectivity index (χ1n) is 6.21. The summed E-state index contributed by atoms with van der Waals surface area (Å²) < 4.78 is 9.94. The summed E-state index contributed by atoms with van der Waals surface area (Å²) in [7, 11) is 1.24. The molecule has 0 amide bonds. The van der Waals surface area contributed by atoms with Crippen molar-refractivity contribution in [2.45, 2.75) is 6.10 Å². The summed E-state index contributed by atoms with van der Waals surface area (Å²) >= 11 is 5.95. The Hall–Kier alpha value is -2.33. The van der Waals surface area contributed by atoms with Crippen molar-refractivity contribution < 1.29 is 19.1 Å². The van der Waals surface area contributed by atoms with Gasteiger partial charge in [-0.3, -0.25) is 0 Å². The number of esters is 2. The second-order valence-corrected chi connectivity index (χ2v) is 4.61. The Bertz CT molecular complexity index is 640. The molecule has 2 aromatic rings. The fourth-order valence-electron chi connectivity index (χ4n) is 1.78. The average molecular weight is 305 g/mol. The van der Waals surface area contributed by atoms with Gasteiger partial charge in [-0.05, 0) is 12.1 Å². The SMILES string of the molecule is COC(=O)C(OC(=O)c1ccccc1Cl)c1ccccc1. The third kappa shape index (κ3) is 3.61. The van der Waals surface area contributed by atoms with Crippen LogP contribution in [0.15, 0.2) is 54.6 Å². The van der Waals surface area contributed by atoms with Gasteiger partial charge in [-0.1, -0.05) is 54.1 Å². The van der Waals surface area contributed by atoms with E-state index in [9.17, 15) is 9.59 Å². The van der Waals surface area contributed by atoms with E-state index in [-0.39, 0.29) is 10.6 Å². The Kier molecular flexibility index (Phi) is 4.95. The zero-order chi connectivity index (χ0) is 15.2. The van der Waals surface area contributed by atoms with Crippen LogP contribution in [0.5, 0.6) is 0 Å². The maximum atomic E-state index is 12.2. The molecule has 0 aromatic heterocycles. The number of carbonyl (C=O) groups is 2. The van der Waals surface area contributed by atoms with Crippen LogP contribution < -0.4 is 0 Å². The number of benzene rings is 2. The molecule has 0 aliphatic heterocycles. The molecule has 0 heterocycles. The lowest BCUT2D eigenvalue weighted by molar-refractivity contribution is -0.151. The summed E-state index contributed by atoms with van der Waals surface area (Å²) in [5.74, 6) is -1.33. The van der Waals surface area contributed by atoms with Gasteiger partial charge < -0.3 is 9.47 Å². The minimum atomic E-state index is -1.13. The Morgan fingerprint density at radius 3 is 2.24 bits per heavy atom. The van der Waals surface area contributed by atoms with E-state index in [4.69, 9.17) is 16.3 Å². The van der Waals surface area contributed by atoms with E-state index in [1.807, 2.05) is 0 Å². The van der Waals surface area contributed by atoms with Crippen molar-refractivity contribution in [2.75, 3.05) is 7.11 Å². The predicted molar refractivity (Wildman–Crippen MR) is 78.1 cm³/mol. The van der Waals surface area contributed by atoms with Crippen LogP contribution in [0.25, 0.3) is 0 Å². The van der Waals surface area contributed by atoms with Gasteiger partial charge in [-0.2, -0.15) is 0 Å². The molecular formula is C16H13ClO4. The minimum absolute atomic E-state index is 0.198. The Morgan fingerprint density at radius 1 is 1.00 bits per heavy atom. The zero-order valence-corrected chi connectivity index (χ0v) is 12.0. The van der Waals surface area contributed by atoms with Gasteiger partial charge in [-0.25, -0.2) is 9.59 Å². The number of halogens is 1. The number of hydrogen-bond donors (Lipinski definition) is 0. The Labute approximate surface area is 127 Å². The highest BCUT2D eigenvalue weighted by molar-refractivity contribution is 6.33. The molecule has 4 nitrogen and oxygen atoms in total. The molecule has 0 spiro atoms. The lowest BCUT2D eigenvalue weighted by Gasteiger charge is -2.16. The van der Waals surface area contributed by atoms with Gasteiger partial charge in [0.15, 0.2) is 0 Å². The first-order chi connectivity index (χ1) is 10.1. The third-order valence-corrected chi connectivity index (χ3v) is 3.17. The molecule has 0 N–H and O–H groups in total. The summed E-state index contributed by atoms with van der Waals surface area (Å²) in [4.78, 5) is 24.0. The molecule has 0 aliphatic carbocycles. The van der Waals surface area contributed by atoms with Gasteiger partial charge in [0.25, 0.3) is 0 Å². The van der Waals surface area contributed by atoms with Gasteiger partial charge in [0, 0.05) is 5.56 Å². The maximum absolute atomic E-state index is 12.2. The summed E-state index contributed by atoms with van der Waals surface area (Å²) in [5, 5.41) is 0.263. The van der Waals surface area contributed by atoms with Crippen molar-refractivity contribution in [3.63, 3.8) is 0 Å². The Balaban J connectivity index is 2.26. The number of ether oxygens (including phenoxy) is 2. The van der Waals surface area contributed by atoms with E-state index in [1.54, 1.807) is 48.5 Å². The van der Waals surface area contributed by atoms with Crippen LogP contribution in [0.3, 0.4) is 0 Å². The van der Waals surface area contributed by atoms with Crippen LogP contribution in [0.2, 0.25) is 5.02 Å². The summed E-state index contributed by atoms with van der Waals surface area (Å²) in [6.07, 6.45) is -1.13. The standard InChI is InChI=1S/C16H13ClO4/c1-20-16(19)14(11-7-3-2-4-8-11)21-15(18)12-9-5-6-10-13(12)17/h2-10,14H,1H3. The topological polar surface area (TPSA) is 52.6 Å². The number of carbonyl (C=O) groups excluding carboxylic acids is 2. The van der Waals surface area contributed by atoms with E-state index in [0.29, 0.717) is 5.56 Å². The lowest BCUT2D eigenvalue weighted by Crippen LogP contribution is -2.21. The second-order valence-electron chi connectivity index (χ2n) is 4.20. The Morgan fingerprint density at radius 2 is 1.62 bits per heavy atom. The third-order valence-electron chi connectivity index (χ3n) is 2.84. The predicted octanol–water partition coefficient (Wildman–Crippen LogP) is 3.41. The van der Waals surface area contributed by atoms with E-state index in [2.05, 4.69) is 4.74 Å². The van der Waals surface area contributed by atoms with Gasteiger partial charge in [0.05, 0.1) is 17.7 Å². The fraction of sp³-hybridized carbons (Fsp3) is 0.125. The van der Waals surface area contributed by atoms with E-state index in [0.717, 1.165) is 0 Å². The van der Waals surface area contributed by atoms with Crippen LogP contribution >= 0.6 is 11.6 Å². The van der Waals surface area contributed by atoms with Crippen LogP contribution in [0.1, 0.15) is 22.0 Å². The molecule has 2 aromatic carbocycles. The lowest BCUT2D eigenvalue weighted by atomic mass is 10.1. The van der Waals surface area contributed by atoms with Gasteiger partial charge >= 0.3 is 11.9 Å². The van der Waals surface area contributed by atoms with Crippen molar-refractivity contribution in [1.82, 2.24) is 0 Å². The largest absolute Gasteiger partial charge is 0.466 e. The molecule has 1 unspecified atom stereocenters. The highest BCUT2D eigenvalue weighted by Gasteiger charge is 2.27. The molecule has 0 saturated carbocycles. The molecule has 0 aliphatic rings. The van der Waals surface area contributed by atoms with Crippen LogP contribution in [0.4, 0.5) is 0 Å². The molecule has 1 atom stereocenters. The molecule has 0 bridgehead atoms. The van der Waals surface area contributed by atoms with E-state index < -0.39 is 18.0 Å². The quantitative estimate of drug-likeness (QED) is 0.812. The van der Waals surface area contributed by atoms with Crippen molar-refractivity contribution in [2.24, 2.45) is 0 Å². The van der Waals surface area contributed by atoms with Gasteiger partial charge in [-0.15, -0.1) is 0 Å². The first-order valence-corrected chi connectivity index (χ1v) is 6.59. The van der Waals surface area contributed by atoms with Crippen LogP contribution in [-0.4, -0.2) is 19.0 Å². The van der Waals surface area contributed by atoms with Gasteiger partial charge in [0.2, 0.25) is 6.10 Å². The normalized spacial score (nSPS) is 11.5. The highest BCUT2D eigenvalue weighted by Crippen LogP contribution is 2.23.